The first-order chi connectivity index (χ1) is 10.3. The summed E-state index contributed by atoms with van der Waals surface area (Å²) in [5.74, 6) is 1.05. The molecule has 21 heavy (non-hydrogen) atoms. The van der Waals surface area contributed by atoms with Gasteiger partial charge < -0.3 is 14.8 Å². The van der Waals surface area contributed by atoms with Gasteiger partial charge in [-0.3, -0.25) is 4.90 Å². The smallest absolute Gasteiger partial charge is 0.122 e. The minimum Gasteiger partial charge on any atom is -0.493 e. The molecule has 116 valence electrons. The van der Waals surface area contributed by atoms with Crippen molar-refractivity contribution in [2.45, 2.75) is 32.4 Å². The summed E-state index contributed by atoms with van der Waals surface area (Å²) in [5, 5.41) is 3.61. The maximum atomic E-state index is 6.06. The summed E-state index contributed by atoms with van der Waals surface area (Å²) in [6, 6.07) is 6.85. The van der Waals surface area contributed by atoms with Crippen LogP contribution in [0.2, 0.25) is 0 Å². The molecule has 4 heteroatoms. The zero-order chi connectivity index (χ0) is 14.7. The zero-order valence-electron chi connectivity index (χ0n) is 13.1. The van der Waals surface area contributed by atoms with Crippen LogP contribution in [0.15, 0.2) is 18.2 Å². The summed E-state index contributed by atoms with van der Waals surface area (Å²) < 4.78 is 11.7. The molecule has 0 spiro atoms. The Kier molecular flexibility index (Phi) is 4.78. The van der Waals surface area contributed by atoms with E-state index in [0.717, 1.165) is 51.6 Å². The summed E-state index contributed by atoms with van der Waals surface area (Å²) in [6.45, 7) is 10.1. The molecule has 0 saturated carbocycles. The number of nitrogens with zero attached hydrogens (tertiary/aromatic N) is 1. The zero-order valence-corrected chi connectivity index (χ0v) is 13.1. The minimum atomic E-state index is 0.221. The van der Waals surface area contributed by atoms with E-state index in [1.807, 2.05) is 0 Å². The summed E-state index contributed by atoms with van der Waals surface area (Å²) in [7, 11) is 0. The van der Waals surface area contributed by atoms with Gasteiger partial charge in [0.25, 0.3) is 0 Å². The molecule has 2 atom stereocenters. The van der Waals surface area contributed by atoms with Crippen LogP contribution in [0.3, 0.4) is 0 Å². The van der Waals surface area contributed by atoms with Crippen LogP contribution in [-0.2, 0) is 11.2 Å². The van der Waals surface area contributed by atoms with Crippen LogP contribution in [0.5, 0.6) is 5.75 Å². The van der Waals surface area contributed by atoms with Crippen molar-refractivity contribution in [1.29, 1.82) is 0 Å². The van der Waals surface area contributed by atoms with Gasteiger partial charge in [0, 0.05) is 19.5 Å². The molecule has 0 aliphatic carbocycles. The Balaban J connectivity index is 1.80. The number of ether oxygens (including phenoxy) is 2. The normalized spacial score (nSPS) is 23.6. The Morgan fingerprint density at radius 1 is 1.33 bits per heavy atom. The summed E-state index contributed by atoms with van der Waals surface area (Å²) in [4.78, 5) is 2.47. The fourth-order valence-corrected chi connectivity index (χ4v) is 3.30. The molecule has 2 aliphatic heterocycles. The van der Waals surface area contributed by atoms with Gasteiger partial charge in [-0.25, -0.2) is 0 Å². The van der Waals surface area contributed by atoms with E-state index in [1.165, 1.54) is 11.1 Å². The maximum absolute atomic E-state index is 6.06. The Morgan fingerprint density at radius 3 is 3.05 bits per heavy atom. The number of likely N-dealkylation sites (N-methyl/N-ethyl adjacent to an activating group) is 2. The van der Waals surface area contributed by atoms with Crippen molar-refractivity contribution in [3.05, 3.63) is 29.3 Å². The third kappa shape index (κ3) is 3.23. The van der Waals surface area contributed by atoms with Crippen molar-refractivity contribution in [2.24, 2.45) is 0 Å². The lowest BCUT2D eigenvalue weighted by Crippen LogP contribution is -2.48. The van der Waals surface area contributed by atoms with Gasteiger partial charge in [-0.05, 0) is 30.3 Å². The van der Waals surface area contributed by atoms with Crippen LogP contribution in [-0.4, -0.2) is 50.4 Å². The molecule has 1 aromatic rings. The second-order valence-corrected chi connectivity index (χ2v) is 5.80. The number of morpholine rings is 1. The third-order valence-electron chi connectivity index (χ3n) is 4.49. The van der Waals surface area contributed by atoms with Crippen molar-refractivity contribution >= 4 is 0 Å². The molecule has 0 aromatic heterocycles. The molecule has 2 heterocycles. The van der Waals surface area contributed by atoms with E-state index >= 15 is 0 Å². The third-order valence-corrected chi connectivity index (χ3v) is 4.49. The molecule has 1 N–H and O–H groups in total. The molecule has 0 amide bonds. The molecule has 1 aromatic carbocycles. The highest BCUT2D eigenvalue weighted by molar-refractivity contribution is 5.41. The molecule has 2 aliphatic rings. The van der Waals surface area contributed by atoms with E-state index in [4.69, 9.17) is 9.47 Å². The quantitative estimate of drug-likeness (QED) is 0.899. The first-order valence-electron chi connectivity index (χ1n) is 8.14. The van der Waals surface area contributed by atoms with Crippen LogP contribution >= 0.6 is 0 Å². The van der Waals surface area contributed by atoms with Gasteiger partial charge in [-0.1, -0.05) is 26.0 Å². The van der Waals surface area contributed by atoms with Crippen LogP contribution in [0.4, 0.5) is 0 Å². The summed E-state index contributed by atoms with van der Waals surface area (Å²) in [6.07, 6.45) is 1.24. The van der Waals surface area contributed by atoms with Crippen LogP contribution in [0.1, 0.15) is 31.0 Å². The Labute approximate surface area is 127 Å². The first kappa shape index (κ1) is 14.8. The molecular formula is C17H26N2O2. The van der Waals surface area contributed by atoms with Crippen LogP contribution in [0, 0.1) is 0 Å². The van der Waals surface area contributed by atoms with Crippen molar-refractivity contribution in [3.8, 4) is 5.75 Å². The monoisotopic (exact) mass is 290 g/mol. The number of benzene rings is 1. The second kappa shape index (κ2) is 6.77. The van der Waals surface area contributed by atoms with Crippen LogP contribution < -0.4 is 10.1 Å². The molecule has 4 nitrogen and oxygen atoms in total. The van der Waals surface area contributed by atoms with E-state index in [0.29, 0.717) is 0 Å². The molecular weight excluding hydrogens is 264 g/mol. The van der Waals surface area contributed by atoms with Crippen LogP contribution in [0.25, 0.3) is 0 Å². The van der Waals surface area contributed by atoms with Gasteiger partial charge >= 0.3 is 0 Å². The van der Waals surface area contributed by atoms with Crippen molar-refractivity contribution in [2.75, 3.05) is 39.4 Å². The average Bonchev–Trinajstić information content (AvgIpc) is 3.00. The average molecular weight is 290 g/mol. The van der Waals surface area contributed by atoms with Gasteiger partial charge in [0.05, 0.1) is 25.4 Å². The summed E-state index contributed by atoms with van der Waals surface area (Å²) >= 11 is 0. The molecule has 2 unspecified atom stereocenters. The Morgan fingerprint density at radius 2 is 2.24 bits per heavy atom. The molecule has 0 radical (unpaired) electrons. The highest BCUT2D eigenvalue weighted by atomic mass is 16.5. The Hall–Kier alpha value is -1.10. The molecule has 0 bridgehead atoms. The fourth-order valence-electron chi connectivity index (χ4n) is 3.30. The van der Waals surface area contributed by atoms with Crippen molar-refractivity contribution < 1.29 is 9.47 Å². The lowest BCUT2D eigenvalue weighted by molar-refractivity contribution is -0.0453. The predicted molar refractivity (Wildman–Crippen MR) is 83.9 cm³/mol. The molecule has 3 rings (SSSR count). The molecule has 1 fully saturated rings. The van der Waals surface area contributed by atoms with Gasteiger partial charge in [0.15, 0.2) is 0 Å². The second-order valence-electron chi connectivity index (χ2n) is 5.80. The number of hydrogen-bond donors (Lipinski definition) is 1. The van der Waals surface area contributed by atoms with E-state index in [2.05, 4.69) is 42.3 Å². The van der Waals surface area contributed by atoms with Gasteiger partial charge in [0.2, 0.25) is 0 Å². The highest BCUT2D eigenvalue weighted by Crippen LogP contribution is 2.30. The van der Waals surface area contributed by atoms with E-state index in [1.54, 1.807) is 0 Å². The Bertz CT molecular complexity index is 478. The maximum Gasteiger partial charge on any atom is 0.122 e. The largest absolute Gasteiger partial charge is 0.493 e. The number of fused-ring (bicyclic) bond motifs is 1. The number of hydrogen-bond acceptors (Lipinski definition) is 4. The first-order valence-corrected chi connectivity index (χ1v) is 8.14. The van der Waals surface area contributed by atoms with E-state index < -0.39 is 0 Å². The van der Waals surface area contributed by atoms with E-state index in [9.17, 15) is 0 Å². The minimum absolute atomic E-state index is 0.221. The van der Waals surface area contributed by atoms with Crippen molar-refractivity contribution in [1.82, 2.24) is 10.2 Å². The lowest BCUT2D eigenvalue weighted by Gasteiger charge is -2.37. The van der Waals surface area contributed by atoms with E-state index in [-0.39, 0.29) is 12.1 Å². The highest BCUT2D eigenvalue weighted by Gasteiger charge is 2.29. The topological polar surface area (TPSA) is 33.7 Å². The number of nitrogens with one attached hydrogen (secondary N) is 1. The number of rotatable bonds is 5. The fraction of sp³-hybridized carbons (Fsp3) is 0.647. The van der Waals surface area contributed by atoms with Crippen molar-refractivity contribution in [3.63, 3.8) is 0 Å². The van der Waals surface area contributed by atoms with Gasteiger partial charge in [0.1, 0.15) is 5.75 Å². The predicted octanol–water partition coefficient (Wildman–Crippen LogP) is 1.99. The SMILES string of the molecule is CCNC(c1ccc2c(c1)CCO2)C1CN(CC)CCO1. The molecule has 1 saturated heterocycles. The van der Waals surface area contributed by atoms with Gasteiger partial charge in [-0.2, -0.15) is 0 Å². The standard InChI is InChI=1S/C17H26N2O2/c1-3-18-17(16-12-19(4-2)8-10-21-16)14-5-6-15-13(11-14)7-9-20-15/h5-6,11,16-18H,3-4,7-10,12H2,1-2H3. The summed E-state index contributed by atoms with van der Waals surface area (Å²) in [5.41, 5.74) is 2.66. The van der Waals surface area contributed by atoms with Gasteiger partial charge in [-0.15, -0.1) is 0 Å². The lowest BCUT2D eigenvalue weighted by atomic mass is 9.97.